The smallest absolute Gasteiger partial charge is 0.407 e. The van der Waals surface area contributed by atoms with E-state index >= 15 is 0 Å². The van der Waals surface area contributed by atoms with Crippen molar-refractivity contribution in [2.75, 3.05) is 26.3 Å². The standard InChI is InChI=1S/C17H28N2O5/c1-13(2)15(21)23-8-9-24-16(22)19-11-14(3)10-17(4,5)6-7-18-12-20/h14H,1,6-11H2,2-5H3,(H,19,22). The van der Waals surface area contributed by atoms with E-state index in [0.717, 1.165) is 12.8 Å². The Labute approximate surface area is 143 Å². The molecule has 0 rings (SSSR count). The molecule has 0 aliphatic carbocycles. The second-order valence-corrected chi connectivity index (χ2v) is 6.63. The van der Waals surface area contributed by atoms with Gasteiger partial charge in [0.15, 0.2) is 0 Å². The number of rotatable bonds is 11. The van der Waals surface area contributed by atoms with Crippen LogP contribution in [0.15, 0.2) is 17.1 Å². The second-order valence-electron chi connectivity index (χ2n) is 6.63. The summed E-state index contributed by atoms with van der Waals surface area (Å²) in [6.07, 6.45) is 2.65. The van der Waals surface area contributed by atoms with Gasteiger partial charge in [-0.1, -0.05) is 27.4 Å². The Kier molecular flexibility index (Phi) is 10.4. The van der Waals surface area contributed by atoms with Crippen molar-refractivity contribution in [2.45, 2.75) is 40.5 Å². The van der Waals surface area contributed by atoms with Gasteiger partial charge in [-0.2, -0.15) is 0 Å². The van der Waals surface area contributed by atoms with Gasteiger partial charge >= 0.3 is 12.1 Å². The Balaban J connectivity index is 3.90. The fourth-order valence-corrected chi connectivity index (χ4v) is 2.22. The highest BCUT2D eigenvalue weighted by Gasteiger charge is 2.21. The van der Waals surface area contributed by atoms with Crippen LogP contribution < -0.4 is 5.32 Å². The fraction of sp³-hybridized carbons (Fsp3) is 0.706. The number of amides is 1. The number of aliphatic imine (C=N–C) groups is 1. The van der Waals surface area contributed by atoms with E-state index in [9.17, 15) is 14.4 Å². The molecule has 1 unspecified atom stereocenters. The third kappa shape index (κ3) is 11.4. The Morgan fingerprint density at radius 1 is 1.29 bits per heavy atom. The van der Waals surface area contributed by atoms with Crippen molar-refractivity contribution < 1.29 is 23.9 Å². The lowest BCUT2D eigenvalue weighted by Gasteiger charge is -2.27. The van der Waals surface area contributed by atoms with E-state index in [1.54, 1.807) is 6.92 Å². The van der Waals surface area contributed by atoms with Gasteiger partial charge in [0, 0.05) is 12.1 Å². The van der Waals surface area contributed by atoms with Crippen molar-refractivity contribution in [1.29, 1.82) is 0 Å². The van der Waals surface area contributed by atoms with Crippen molar-refractivity contribution in [3.8, 4) is 0 Å². The molecule has 0 aromatic rings. The van der Waals surface area contributed by atoms with Gasteiger partial charge in [-0.15, -0.1) is 0 Å². The minimum Gasteiger partial charge on any atom is -0.459 e. The first-order chi connectivity index (χ1) is 11.2. The number of carbonyl (C=O) groups excluding carboxylic acids is 3. The van der Waals surface area contributed by atoms with E-state index in [2.05, 4.69) is 30.7 Å². The van der Waals surface area contributed by atoms with Gasteiger partial charge < -0.3 is 14.8 Å². The highest BCUT2D eigenvalue weighted by atomic mass is 16.6. The van der Waals surface area contributed by atoms with E-state index in [1.165, 1.54) is 6.08 Å². The number of carbonyl (C=O) groups is 2. The molecule has 0 bridgehead atoms. The molecular weight excluding hydrogens is 312 g/mol. The van der Waals surface area contributed by atoms with Gasteiger partial charge in [-0.25, -0.2) is 19.4 Å². The third-order valence-corrected chi connectivity index (χ3v) is 3.36. The molecule has 0 aliphatic rings. The van der Waals surface area contributed by atoms with E-state index in [1.807, 2.05) is 6.92 Å². The van der Waals surface area contributed by atoms with Crippen LogP contribution in [0.2, 0.25) is 0 Å². The summed E-state index contributed by atoms with van der Waals surface area (Å²) >= 11 is 0. The van der Waals surface area contributed by atoms with Crippen molar-refractivity contribution in [2.24, 2.45) is 16.3 Å². The molecule has 1 N–H and O–H groups in total. The molecule has 0 fully saturated rings. The molecule has 1 amide bonds. The van der Waals surface area contributed by atoms with Gasteiger partial charge in [0.05, 0.1) is 6.54 Å². The molecular formula is C17H28N2O5. The molecule has 0 heterocycles. The quantitative estimate of drug-likeness (QED) is 0.205. The lowest BCUT2D eigenvalue weighted by atomic mass is 9.80. The number of hydrogen-bond donors (Lipinski definition) is 1. The maximum Gasteiger partial charge on any atom is 0.407 e. The molecule has 0 aromatic carbocycles. The SMILES string of the molecule is C=C(C)C(=O)OCCOC(=O)NCC(C)CC(C)(C)CCN=C=O. The number of ether oxygens (including phenoxy) is 2. The van der Waals surface area contributed by atoms with Gasteiger partial charge in [0.2, 0.25) is 6.08 Å². The van der Waals surface area contributed by atoms with Crippen LogP contribution in [-0.4, -0.2) is 44.4 Å². The zero-order valence-electron chi connectivity index (χ0n) is 15.0. The number of isocyanates is 1. The predicted molar refractivity (Wildman–Crippen MR) is 90.3 cm³/mol. The second kappa shape index (κ2) is 11.4. The zero-order chi connectivity index (χ0) is 18.6. The van der Waals surface area contributed by atoms with E-state index in [0.29, 0.717) is 18.7 Å². The Bertz CT molecular complexity index is 481. The number of nitrogens with zero attached hydrogens (tertiary/aromatic N) is 1. The van der Waals surface area contributed by atoms with Crippen LogP contribution in [0.25, 0.3) is 0 Å². The van der Waals surface area contributed by atoms with Crippen LogP contribution >= 0.6 is 0 Å². The molecule has 136 valence electrons. The topological polar surface area (TPSA) is 94.1 Å². The molecule has 24 heavy (non-hydrogen) atoms. The predicted octanol–water partition coefficient (Wildman–Crippen LogP) is 2.61. The molecule has 0 aromatic heterocycles. The Hall–Kier alpha value is -2.14. The van der Waals surface area contributed by atoms with Crippen LogP contribution in [0.3, 0.4) is 0 Å². The first-order valence-electron chi connectivity index (χ1n) is 7.95. The molecule has 1 atom stereocenters. The van der Waals surface area contributed by atoms with Crippen LogP contribution in [0.1, 0.15) is 40.5 Å². The first kappa shape index (κ1) is 21.9. The molecule has 0 spiro atoms. The van der Waals surface area contributed by atoms with Gasteiger partial charge in [-0.3, -0.25) is 0 Å². The van der Waals surface area contributed by atoms with Crippen molar-refractivity contribution in [3.05, 3.63) is 12.2 Å². The molecule has 0 saturated carbocycles. The number of esters is 1. The normalized spacial score (nSPS) is 11.8. The van der Waals surface area contributed by atoms with Crippen molar-refractivity contribution in [3.63, 3.8) is 0 Å². The van der Waals surface area contributed by atoms with Gasteiger partial charge in [0.1, 0.15) is 13.2 Å². The minimum absolute atomic E-state index is 0.00104. The maximum atomic E-state index is 11.6. The fourth-order valence-electron chi connectivity index (χ4n) is 2.22. The number of hydrogen-bond acceptors (Lipinski definition) is 6. The summed E-state index contributed by atoms with van der Waals surface area (Å²) in [7, 11) is 0. The average molecular weight is 340 g/mol. The highest BCUT2D eigenvalue weighted by molar-refractivity contribution is 5.86. The van der Waals surface area contributed by atoms with Gasteiger partial charge in [0.25, 0.3) is 0 Å². The summed E-state index contributed by atoms with van der Waals surface area (Å²) in [5.74, 6) is -0.261. The zero-order valence-corrected chi connectivity index (χ0v) is 15.0. The monoisotopic (exact) mass is 340 g/mol. The Morgan fingerprint density at radius 3 is 2.50 bits per heavy atom. The lowest BCUT2D eigenvalue weighted by Crippen LogP contribution is -2.31. The maximum absolute atomic E-state index is 11.6. The first-order valence-corrected chi connectivity index (χ1v) is 7.95. The molecule has 7 nitrogen and oxygen atoms in total. The van der Waals surface area contributed by atoms with Crippen LogP contribution in [0.5, 0.6) is 0 Å². The molecule has 0 radical (unpaired) electrons. The van der Waals surface area contributed by atoms with Crippen molar-refractivity contribution in [1.82, 2.24) is 5.32 Å². The summed E-state index contributed by atoms with van der Waals surface area (Å²) < 4.78 is 9.73. The van der Waals surface area contributed by atoms with Crippen LogP contribution in [0.4, 0.5) is 4.79 Å². The summed E-state index contributed by atoms with van der Waals surface area (Å²) in [5.41, 5.74) is 0.317. The van der Waals surface area contributed by atoms with E-state index in [-0.39, 0.29) is 24.5 Å². The molecule has 0 aliphatic heterocycles. The number of nitrogens with one attached hydrogen (secondary N) is 1. The largest absolute Gasteiger partial charge is 0.459 e. The van der Waals surface area contributed by atoms with E-state index in [4.69, 9.17) is 9.47 Å². The van der Waals surface area contributed by atoms with Crippen LogP contribution in [-0.2, 0) is 19.1 Å². The molecule has 0 saturated heterocycles. The minimum atomic E-state index is -0.545. The van der Waals surface area contributed by atoms with E-state index < -0.39 is 12.1 Å². The summed E-state index contributed by atoms with van der Waals surface area (Å²) in [4.78, 5) is 36.3. The number of alkyl carbamates (subject to hydrolysis) is 1. The summed E-state index contributed by atoms with van der Waals surface area (Å²) in [5, 5.41) is 2.68. The molecule has 7 heteroatoms. The van der Waals surface area contributed by atoms with Crippen molar-refractivity contribution >= 4 is 18.1 Å². The lowest BCUT2D eigenvalue weighted by molar-refractivity contribution is -0.139. The average Bonchev–Trinajstić information content (AvgIpc) is 2.48. The van der Waals surface area contributed by atoms with Gasteiger partial charge in [-0.05, 0) is 31.1 Å². The van der Waals surface area contributed by atoms with Crippen LogP contribution in [0, 0.1) is 11.3 Å². The highest BCUT2D eigenvalue weighted by Crippen LogP contribution is 2.28. The summed E-state index contributed by atoms with van der Waals surface area (Å²) in [6, 6.07) is 0. The summed E-state index contributed by atoms with van der Waals surface area (Å²) in [6.45, 7) is 12.1. The Morgan fingerprint density at radius 2 is 1.92 bits per heavy atom. The third-order valence-electron chi connectivity index (χ3n) is 3.36.